The van der Waals surface area contributed by atoms with E-state index in [2.05, 4.69) is 9.97 Å². The second-order valence-corrected chi connectivity index (χ2v) is 9.46. The summed E-state index contributed by atoms with van der Waals surface area (Å²) in [5.41, 5.74) is -0.607. The fourth-order valence-corrected chi connectivity index (χ4v) is 4.56. The molecular formula is C16H19F3N4O4S2. The molecule has 0 atom stereocenters. The van der Waals surface area contributed by atoms with Gasteiger partial charge in [-0.25, -0.2) is 4.79 Å². The van der Waals surface area contributed by atoms with Crippen LogP contribution in [0.25, 0.3) is 0 Å². The van der Waals surface area contributed by atoms with Crippen molar-refractivity contribution in [3.8, 4) is 0 Å². The number of halogens is 3. The Morgan fingerprint density at radius 2 is 1.90 bits per heavy atom. The number of hydrogen-bond donors (Lipinski definition) is 0. The highest BCUT2D eigenvalue weighted by molar-refractivity contribution is 7.86. The average molecular weight is 452 g/mol. The van der Waals surface area contributed by atoms with Gasteiger partial charge in [0, 0.05) is 18.0 Å². The Bertz CT molecular complexity index is 1040. The molecule has 3 heterocycles. The summed E-state index contributed by atoms with van der Waals surface area (Å²) in [5, 5.41) is 0. The number of hydrogen-bond acceptors (Lipinski definition) is 8. The van der Waals surface area contributed by atoms with Crippen LogP contribution >= 0.6 is 11.3 Å². The van der Waals surface area contributed by atoms with E-state index in [4.69, 9.17) is 4.18 Å². The van der Waals surface area contributed by atoms with Gasteiger partial charge < -0.3 is 4.90 Å². The summed E-state index contributed by atoms with van der Waals surface area (Å²) in [7, 11) is -3.53. The maximum Gasteiger partial charge on any atom is 0.425 e. The molecule has 13 heteroatoms. The van der Waals surface area contributed by atoms with E-state index in [0.29, 0.717) is 48.0 Å². The second kappa shape index (κ2) is 8.03. The standard InChI is InChI=1S/C16H19F3N4O4S2/c1-10-20-14(22-7-5-11(6-8-22)27-29(2,25)26)21-15(24)23(10)9-12-3-4-13(28-12)16(17,18)19/h3-4,11H,5-9H2,1-2H3. The number of anilines is 1. The summed E-state index contributed by atoms with van der Waals surface area (Å²) in [4.78, 5) is 22.1. The van der Waals surface area contributed by atoms with E-state index >= 15 is 0 Å². The quantitative estimate of drug-likeness (QED) is 0.641. The first-order valence-electron chi connectivity index (χ1n) is 8.67. The number of aryl methyl sites for hydroxylation is 1. The van der Waals surface area contributed by atoms with Gasteiger partial charge in [0.25, 0.3) is 10.1 Å². The summed E-state index contributed by atoms with van der Waals surface area (Å²) in [5.74, 6) is 0.542. The maximum atomic E-state index is 12.7. The van der Waals surface area contributed by atoms with Crippen LogP contribution in [0.5, 0.6) is 0 Å². The molecule has 0 unspecified atom stereocenters. The van der Waals surface area contributed by atoms with Gasteiger partial charge in [-0.3, -0.25) is 8.75 Å². The minimum absolute atomic E-state index is 0.0457. The molecule has 1 saturated heterocycles. The molecule has 0 saturated carbocycles. The SMILES string of the molecule is Cc1nc(N2CCC(OS(C)(=O)=O)CC2)nc(=O)n1Cc1ccc(C(F)(F)F)s1. The molecule has 0 N–H and O–H groups in total. The van der Waals surface area contributed by atoms with E-state index in [-0.39, 0.29) is 12.5 Å². The van der Waals surface area contributed by atoms with Crippen LogP contribution in [0.1, 0.15) is 28.4 Å². The lowest BCUT2D eigenvalue weighted by Gasteiger charge is -2.31. The predicted octanol–water partition coefficient (Wildman–Crippen LogP) is 2.02. The van der Waals surface area contributed by atoms with Gasteiger partial charge in [0.1, 0.15) is 10.7 Å². The van der Waals surface area contributed by atoms with Gasteiger partial charge in [0.2, 0.25) is 5.95 Å². The van der Waals surface area contributed by atoms with Crippen molar-refractivity contribution in [1.29, 1.82) is 0 Å². The third kappa shape index (κ3) is 5.54. The van der Waals surface area contributed by atoms with Crippen LogP contribution in [0, 0.1) is 6.92 Å². The predicted molar refractivity (Wildman–Crippen MR) is 101 cm³/mol. The highest BCUT2D eigenvalue weighted by Gasteiger charge is 2.32. The highest BCUT2D eigenvalue weighted by atomic mass is 32.2. The molecular weight excluding hydrogens is 433 g/mol. The fraction of sp³-hybridized carbons (Fsp3) is 0.562. The largest absolute Gasteiger partial charge is 0.425 e. The zero-order valence-electron chi connectivity index (χ0n) is 15.6. The van der Waals surface area contributed by atoms with Gasteiger partial charge in [-0.15, -0.1) is 11.3 Å². The van der Waals surface area contributed by atoms with E-state index in [1.807, 2.05) is 0 Å². The van der Waals surface area contributed by atoms with Gasteiger partial charge in [-0.1, -0.05) is 0 Å². The minimum atomic E-state index is -4.42. The van der Waals surface area contributed by atoms with E-state index in [1.165, 1.54) is 10.6 Å². The van der Waals surface area contributed by atoms with Crippen LogP contribution < -0.4 is 10.6 Å². The molecule has 0 amide bonds. The summed E-state index contributed by atoms with van der Waals surface area (Å²) in [6.45, 7) is 2.38. The molecule has 1 aliphatic heterocycles. The van der Waals surface area contributed by atoms with Crippen molar-refractivity contribution in [1.82, 2.24) is 14.5 Å². The molecule has 2 aromatic heterocycles. The second-order valence-electron chi connectivity index (χ2n) is 6.69. The normalized spacial score (nSPS) is 16.4. The van der Waals surface area contributed by atoms with E-state index in [9.17, 15) is 26.4 Å². The molecule has 0 aromatic carbocycles. The smallest absolute Gasteiger partial charge is 0.340 e. The lowest BCUT2D eigenvalue weighted by Crippen LogP contribution is -2.40. The van der Waals surface area contributed by atoms with Crippen molar-refractivity contribution in [3.63, 3.8) is 0 Å². The van der Waals surface area contributed by atoms with Crippen molar-refractivity contribution >= 4 is 27.4 Å². The van der Waals surface area contributed by atoms with Crippen molar-refractivity contribution in [2.24, 2.45) is 0 Å². The Hall–Kier alpha value is -1.99. The molecule has 0 aliphatic carbocycles. The van der Waals surface area contributed by atoms with Gasteiger partial charge in [0.15, 0.2) is 0 Å². The van der Waals surface area contributed by atoms with Crippen molar-refractivity contribution in [3.05, 3.63) is 38.2 Å². The van der Waals surface area contributed by atoms with Crippen LogP contribution in [0.4, 0.5) is 19.1 Å². The number of aromatic nitrogens is 3. The van der Waals surface area contributed by atoms with Crippen molar-refractivity contribution in [2.45, 2.75) is 38.6 Å². The van der Waals surface area contributed by atoms with Crippen LogP contribution in [0.3, 0.4) is 0 Å². The third-order valence-corrected chi connectivity index (χ3v) is 6.11. The molecule has 8 nitrogen and oxygen atoms in total. The third-order valence-electron chi connectivity index (χ3n) is 4.37. The van der Waals surface area contributed by atoms with Gasteiger partial charge >= 0.3 is 11.9 Å². The number of thiophene rings is 1. The topological polar surface area (TPSA) is 94.4 Å². The summed E-state index contributed by atoms with van der Waals surface area (Å²) >= 11 is 0.575. The summed E-state index contributed by atoms with van der Waals surface area (Å²) < 4.78 is 66.9. The molecule has 0 spiro atoms. The number of alkyl halides is 3. The molecule has 2 aromatic rings. The fourth-order valence-electron chi connectivity index (χ4n) is 3.01. The molecule has 1 fully saturated rings. The Morgan fingerprint density at radius 3 is 2.41 bits per heavy atom. The Labute approximate surface area is 169 Å². The van der Waals surface area contributed by atoms with E-state index in [0.717, 1.165) is 12.3 Å². The summed E-state index contributed by atoms with van der Waals surface area (Å²) in [6.07, 6.45) is -2.97. The number of rotatable bonds is 5. The molecule has 1 aliphatic rings. The lowest BCUT2D eigenvalue weighted by molar-refractivity contribution is -0.134. The van der Waals surface area contributed by atoms with Crippen LogP contribution in [0.2, 0.25) is 0 Å². The van der Waals surface area contributed by atoms with Gasteiger partial charge in [0.05, 0.1) is 18.9 Å². The van der Waals surface area contributed by atoms with Gasteiger partial charge in [-0.05, 0) is 31.9 Å². The molecule has 160 valence electrons. The zero-order valence-corrected chi connectivity index (χ0v) is 17.3. The summed E-state index contributed by atoms with van der Waals surface area (Å²) in [6, 6.07) is 2.32. The molecule has 0 bridgehead atoms. The Kier molecular flexibility index (Phi) is 6.01. The Morgan fingerprint density at radius 1 is 1.24 bits per heavy atom. The van der Waals surface area contributed by atoms with Crippen LogP contribution in [0.15, 0.2) is 16.9 Å². The Balaban J connectivity index is 1.72. The lowest BCUT2D eigenvalue weighted by atomic mass is 10.1. The van der Waals surface area contributed by atoms with Crippen molar-refractivity contribution < 1.29 is 25.8 Å². The van der Waals surface area contributed by atoms with Crippen LogP contribution in [-0.4, -0.2) is 48.4 Å². The maximum absolute atomic E-state index is 12.7. The minimum Gasteiger partial charge on any atom is -0.340 e. The first kappa shape index (κ1) is 21.7. The molecule has 0 radical (unpaired) electrons. The monoisotopic (exact) mass is 452 g/mol. The average Bonchev–Trinajstić information content (AvgIpc) is 3.06. The number of piperidine rings is 1. The van der Waals surface area contributed by atoms with Crippen LogP contribution in [-0.2, 0) is 27.0 Å². The van der Waals surface area contributed by atoms with Crippen molar-refractivity contribution in [2.75, 3.05) is 24.2 Å². The molecule has 3 rings (SSSR count). The first-order chi connectivity index (χ1) is 13.4. The number of nitrogens with zero attached hydrogens (tertiary/aromatic N) is 4. The van der Waals surface area contributed by atoms with Gasteiger partial charge in [-0.2, -0.15) is 31.6 Å². The van der Waals surface area contributed by atoms with E-state index < -0.39 is 33.0 Å². The van der Waals surface area contributed by atoms with E-state index in [1.54, 1.807) is 11.8 Å². The molecule has 29 heavy (non-hydrogen) atoms. The highest BCUT2D eigenvalue weighted by Crippen LogP contribution is 2.34. The first-order valence-corrected chi connectivity index (χ1v) is 11.3. The zero-order chi connectivity index (χ0) is 21.4.